The molecule has 0 spiro atoms. The molecule has 0 aliphatic rings. The van der Waals surface area contributed by atoms with Crippen LogP contribution in [0.1, 0.15) is 26.7 Å². The summed E-state index contributed by atoms with van der Waals surface area (Å²) < 4.78 is 5.07. The van der Waals surface area contributed by atoms with Crippen LogP contribution in [0, 0.1) is 0 Å². The monoisotopic (exact) mass is 322 g/mol. The molecule has 6 nitrogen and oxygen atoms in total. The Hall–Kier alpha value is -2.08. The highest BCUT2D eigenvalue weighted by molar-refractivity contribution is 5.91. The Kier molecular flexibility index (Phi) is 8.11. The van der Waals surface area contributed by atoms with E-state index in [1.807, 2.05) is 14.0 Å². The lowest BCUT2D eigenvalue weighted by Crippen LogP contribution is -3.11. The van der Waals surface area contributed by atoms with Gasteiger partial charge in [0.25, 0.3) is 11.8 Å². The minimum atomic E-state index is -0.123. The molecule has 0 aliphatic heterocycles. The fourth-order valence-corrected chi connectivity index (χ4v) is 2.32. The van der Waals surface area contributed by atoms with Gasteiger partial charge in [0.2, 0.25) is 0 Å². The third-order valence-corrected chi connectivity index (χ3v) is 3.43. The maximum absolute atomic E-state index is 12.0. The Morgan fingerprint density at radius 2 is 1.78 bits per heavy atom. The van der Waals surface area contributed by atoms with Crippen molar-refractivity contribution in [2.75, 3.05) is 32.6 Å². The van der Waals surface area contributed by atoms with Gasteiger partial charge in [0.15, 0.2) is 13.1 Å². The molecule has 1 aromatic carbocycles. The Morgan fingerprint density at radius 3 is 2.35 bits per heavy atom. The standard InChI is InChI=1S/C17H27N3O3/c1-5-6-13(2)18-16(21)11-20(3)12-17(22)19-14-7-9-15(23-4)10-8-14/h7-10,13H,5-6,11-12H2,1-4H3,(H,18,21)(H,19,22)/p+1/t13-/m0/s1. The topological polar surface area (TPSA) is 71.9 Å². The van der Waals surface area contributed by atoms with Crippen molar-refractivity contribution in [1.29, 1.82) is 0 Å². The molecule has 0 heterocycles. The van der Waals surface area contributed by atoms with Crippen molar-refractivity contribution in [3.63, 3.8) is 0 Å². The number of nitrogens with one attached hydrogen (secondary N) is 3. The number of carbonyl (C=O) groups excluding carboxylic acids is 2. The summed E-state index contributed by atoms with van der Waals surface area (Å²) in [5.74, 6) is 0.589. The van der Waals surface area contributed by atoms with Crippen molar-refractivity contribution in [2.45, 2.75) is 32.7 Å². The van der Waals surface area contributed by atoms with Gasteiger partial charge in [-0.15, -0.1) is 0 Å². The first-order valence-corrected chi connectivity index (χ1v) is 7.99. The van der Waals surface area contributed by atoms with Crippen molar-refractivity contribution < 1.29 is 19.2 Å². The summed E-state index contributed by atoms with van der Waals surface area (Å²) in [5.41, 5.74) is 0.713. The molecule has 0 saturated heterocycles. The maximum atomic E-state index is 12.0. The van der Waals surface area contributed by atoms with Crippen LogP contribution >= 0.6 is 0 Å². The number of methoxy groups -OCH3 is 1. The van der Waals surface area contributed by atoms with Gasteiger partial charge in [0.1, 0.15) is 5.75 Å². The predicted octanol–water partition coefficient (Wildman–Crippen LogP) is 0.453. The average Bonchev–Trinajstić information content (AvgIpc) is 2.47. The molecule has 0 radical (unpaired) electrons. The Balaban J connectivity index is 2.36. The predicted molar refractivity (Wildman–Crippen MR) is 90.8 cm³/mol. The van der Waals surface area contributed by atoms with Crippen LogP contribution in [0.5, 0.6) is 5.75 Å². The highest BCUT2D eigenvalue weighted by Gasteiger charge is 2.15. The minimum absolute atomic E-state index is 0.0271. The van der Waals surface area contributed by atoms with Crippen molar-refractivity contribution in [1.82, 2.24) is 5.32 Å². The normalized spacial score (nSPS) is 13.0. The van der Waals surface area contributed by atoms with Crippen molar-refractivity contribution >= 4 is 17.5 Å². The largest absolute Gasteiger partial charge is 0.497 e. The molecule has 0 saturated carbocycles. The molecule has 6 heteroatoms. The van der Waals surface area contributed by atoms with Gasteiger partial charge < -0.3 is 20.3 Å². The van der Waals surface area contributed by atoms with Gasteiger partial charge in [0.05, 0.1) is 14.2 Å². The molecule has 0 fully saturated rings. The average molecular weight is 322 g/mol. The van der Waals surface area contributed by atoms with Crippen molar-refractivity contribution in [3.8, 4) is 5.75 Å². The number of anilines is 1. The van der Waals surface area contributed by atoms with Gasteiger partial charge in [-0.25, -0.2) is 0 Å². The molecule has 0 bridgehead atoms. The number of likely N-dealkylation sites (N-methyl/N-ethyl adjacent to an activating group) is 1. The van der Waals surface area contributed by atoms with E-state index < -0.39 is 0 Å². The summed E-state index contributed by atoms with van der Waals surface area (Å²) in [7, 11) is 3.43. The third-order valence-electron chi connectivity index (χ3n) is 3.43. The molecule has 0 aromatic heterocycles. The Labute approximate surface area is 138 Å². The summed E-state index contributed by atoms with van der Waals surface area (Å²) in [6.07, 6.45) is 2.00. The van der Waals surface area contributed by atoms with E-state index in [0.717, 1.165) is 23.5 Å². The first-order valence-electron chi connectivity index (χ1n) is 7.99. The van der Waals surface area contributed by atoms with Crippen LogP contribution in [0.25, 0.3) is 0 Å². The molecule has 1 unspecified atom stereocenters. The number of carbonyl (C=O) groups is 2. The van der Waals surface area contributed by atoms with E-state index in [1.165, 1.54) is 0 Å². The van der Waals surface area contributed by atoms with Crippen LogP contribution in [0.4, 0.5) is 5.69 Å². The van der Waals surface area contributed by atoms with E-state index in [2.05, 4.69) is 17.6 Å². The number of amides is 2. The first-order chi connectivity index (χ1) is 10.9. The van der Waals surface area contributed by atoms with E-state index in [9.17, 15) is 9.59 Å². The smallest absolute Gasteiger partial charge is 0.279 e. The zero-order valence-electron chi connectivity index (χ0n) is 14.4. The van der Waals surface area contributed by atoms with E-state index in [1.54, 1.807) is 31.4 Å². The van der Waals surface area contributed by atoms with E-state index in [-0.39, 0.29) is 30.9 Å². The van der Waals surface area contributed by atoms with E-state index in [4.69, 9.17) is 4.74 Å². The van der Waals surface area contributed by atoms with Crippen LogP contribution < -0.4 is 20.3 Å². The quantitative estimate of drug-likeness (QED) is 0.618. The summed E-state index contributed by atoms with van der Waals surface area (Å²) >= 11 is 0. The van der Waals surface area contributed by atoms with Crippen molar-refractivity contribution in [2.24, 2.45) is 0 Å². The number of rotatable bonds is 9. The highest BCUT2D eigenvalue weighted by Crippen LogP contribution is 2.14. The number of benzene rings is 1. The molecule has 1 rings (SSSR count). The molecule has 23 heavy (non-hydrogen) atoms. The summed E-state index contributed by atoms with van der Waals surface area (Å²) in [4.78, 5) is 24.7. The second-order valence-electron chi connectivity index (χ2n) is 5.84. The molecule has 0 aliphatic carbocycles. The van der Waals surface area contributed by atoms with Gasteiger partial charge in [0, 0.05) is 11.7 Å². The molecule has 1 aromatic rings. The van der Waals surface area contributed by atoms with E-state index in [0.29, 0.717) is 5.69 Å². The lowest BCUT2D eigenvalue weighted by atomic mass is 10.2. The van der Waals surface area contributed by atoms with E-state index >= 15 is 0 Å². The third kappa shape index (κ3) is 7.65. The molecular formula is C17H28N3O3+. The van der Waals surface area contributed by atoms with Crippen LogP contribution in [0.3, 0.4) is 0 Å². The lowest BCUT2D eigenvalue weighted by molar-refractivity contribution is -0.862. The highest BCUT2D eigenvalue weighted by atomic mass is 16.5. The number of ether oxygens (including phenoxy) is 1. The SMILES string of the molecule is CCC[C@H](C)NC(=O)C[NH+](C)CC(=O)Nc1ccc(OC)cc1. The summed E-state index contributed by atoms with van der Waals surface area (Å²) in [6.45, 7) is 4.60. The molecule has 3 N–H and O–H groups in total. The van der Waals surface area contributed by atoms with Crippen LogP contribution in [-0.2, 0) is 9.59 Å². The van der Waals surface area contributed by atoms with Crippen LogP contribution in [0.2, 0.25) is 0 Å². The molecule has 2 amide bonds. The van der Waals surface area contributed by atoms with Gasteiger partial charge in [-0.05, 0) is 37.6 Å². The van der Waals surface area contributed by atoms with Gasteiger partial charge in [-0.3, -0.25) is 9.59 Å². The Bertz CT molecular complexity index is 502. The fraction of sp³-hybridized carbons (Fsp3) is 0.529. The minimum Gasteiger partial charge on any atom is -0.497 e. The second kappa shape index (κ2) is 9.84. The lowest BCUT2D eigenvalue weighted by Gasteiger charge is -2.16. The fourth-order valence-electron chi connectivity index (χ4n) is 2.32. The van der Waals surface area contributed by atoms with Crippen LogP contribution in [0.15, 0.2) is 24.3 Å². The van der Waals surface area contributed by atoms with Crippen LogP contribution in [-0.4, -0.2) is 45.1 Å². The summed E-state index contributed by atoms with van der Waals surface area (Å²) in [6, 6.07) is 7.31. The first kappa shape index (κ1) is 19.0. The zero-order chi connectivity index (χ0) is 17.2. The number of hydrogen-bond donors (Lipinski definition) is 3. The van der Waals surface area contributed by atoms with Gasteiger partial charge in [-0.1, -0.05) is 13.3 Å². The molecule has 2 atom stereocenters. The second-order valence-corrected chi connectivity index (χ2v) is 5.84. The zero-order valence-corrected chi connectivity index (χ0v) is 14.4. The molecular weight excluding hydrogens is 294 g/mol. The summed E-state index contributed by atoms with van der Waals surface area (Å²) in [5, 5.41) is 5.75. The van der Waals surface area contributed by atoms with Gasteiger partial charge >= 0.3 is 0 Å². The van der Waals surface area contributed by atoms with Crippen molar-refractivity contribution in [3.05, 3.63) is 24.3 Å². The number of quaternary nitrogens is 1. The number of hydrogen-bond acceptors (Lipinski definition) is 3. The van der Waals surface area contributed by atoms with Gasteiger partial charge in [-0.2, -0.15) is 0 Å². The Morgan fingerprint density at radius 1 is 1.17 bits per heavy atom. The maximum Gasteiger partial charge on any atom is 0.279 e. The molecule has 128 valence electrons.